The highest BCUT2D eigenvalue weighted by Crippen LogP contribution is 2.25. The van der Waals surface area contributed by atoms with Crippen LogP contribution in [0.5, 0.6) is 0 Å². The normalized spacial score (nSPS) is 17.8. The lowest BCUT2D eigenvalue weighted by molar-refractivity contribution is -0.201. The average Bonchev–Trinajstić information content (AvgIpc) is 3.42. The summed E-state index contributed by atoms with van der Waals surface area (Å²) in [5.41, 5.74) is 2.89. The lowest BCUT2D eigenvalue weighted by atomic mass is 10.0. The van der Waals surface area contributed by atoms with E-state index in [1.54, 1.807) is 24.3 Å². The zero-order valence-electron chi connectivity index (χ0n) is 20.5. The van der Waals surface area contributed by atoms with Crippen molar-refractivity contribution in [1.29, 1.82) is 0 Å². The maximum atomic E-state index is 14.5. The van der Waals surface area contributed by atoms with Gasteiger partial charge in [0.1, 0.15) is 12.1 Å². The fourth-order valence-electron chi connectivity index (χ4n) is 3.96. The Balaban J connectivity index is 1.54. The van der Waals surface area contributed by atoms with Crippen LogP contribution in [0.4, 0.5) is 4.39 Å². The minimum atomic E-state index is -3.96. The molecule has 2 aromatic heterocycles. The van der Waals surface area contributed by atoms with Crippen LogP contribution in [0.15, 0.2) is 58.2 Å². The van der Waals surface area contributed by atoms with Gasteiger partial charge < -0.3 is 13.7 Å². The smallest absolute Gasteiger partial charge is 0.264 e. The SMILES string of the molecule is C[C@@](CCn1cc(F)cc(-c2ccc(-c3ncco3)cc2)c1=O)(C(=O)NOC1CCCCO1)S(C)(=O)=O. The fraction of sp³-hybridized carbons (Fsp3) is 0.400. The second-order valence-electron chi connectivity index (χ2n) is 9.08. The van der Waals surface area contributed by atoms with E-state index in [1.165, 1.54) is 19.4 Å². The molecule has 37 heavy (non-hydrogen) atoms. The third-order valence-electron chi connectivity index (χ3n) is 6.48. The predicted molar refractivity (Wildman–Crippen MR) is 132 cm³/mol. The van der Waals surface area contributed by atoms with Crippen LogP contribution in [-0.2, 0) is 30.8 Å². The molecule has 1 aromatic carbocycles. The van der Waals surface area contributed by atoms with Crippen molar-refractivity contribution < 1.29 is 31.6 Å². The molecule has 3 heterocycles. The van der Waals surface area contributed by atoms with E-state index in [1.807, 2.05) is 0 Å². The highest BCUT2D eigenvalue weighted by molar-refractivity contribution is 7.92. The third kappa shape index (κ3) is 5.97. The molecule has 1 amide bonds. The van der Waals surface area contributed by atoms with Gasteiger partial charge in [-0.3, -0.25) is 9.59 Å². The van der Waals surface area contributed by atoms with Crippen LogP contribution in [0, 0.1) is 5.82 Å². The van der Waals surface area contributed by atoms with E-state index in [9.17, 15) is 22.4 Å². The highest BCUT2D eigenvalue weighted by Gasteiger charge is 2.44. The van der Waals surface area contributed by atoms with Gasteiger partial charge in [0.05, 0.1) is 11.8 Å². The van der Waals surface area contributed by atoms with E-state index < -0.39 is 38.2 Å². The summed E-state index contributed by atoms with van der Waals surface area (Å²) >= 11 is 0. The molecule has 1 saturated heterocycles. The number of carbonyl (C=O) groups is 1. The van der Waals surface area contributed by atoms with Crippen molar-refractivity contribution >= 4 is 15.7 Å². The third-order valence-corrected chi connectivity index (χ3v) is 8.50. The Kier molecular flexibility index (Phi) is 7.90. The zero-order valence-corrected chi connectivity index (χ0v) is 21.3. The number of aromatic nitrogens is 2. The number of oxazole rings is 1. The van der Waals surface area contributed by atoms with Gasteiger partial charge in [0, 0.05) is 37.6 Å². The van der Waals surface area contributed by atoms with Gasteiger partial charge in [-0.15, -0.1) is 0 Å². The molecule has 1 N–H and O–H groups in total. The van der Waals surface area contributed by atoms with Crippen LogP contribution in [0.1, 0.15) is 32.6 Å². The number of ether oxygens (including phenoxy) is 1. The molecule has 0 radical (unpaired) electrons. The second kappa shape index (κ2) is 11.0. The minimum Gasteiger partial charge on any atom is -0.445 e. The van der Waals surface area contributed by atoms with Crippen LogP contribution in [-0.4, -0.2) is 47.8 Å². The number of hydrogen-bond acceptors (Lipinski definition) is 8. The first kappa shape index (κ1) is 26.7. The molecule has 0 aliphatic carbocycles. The molecular weight excluding hydrogens is 505 g/mol. The summed E-state index contributed by atoms with van der Waals surface area (Å²) in [6, 6.07) is 7.77. The van der Waals surface area contributed by atoms with Crippen LogP contribution in [0.3, 0.4) is 0 Å². The maximum absolute atomic E-state index is 14.5. The monoisotopic (exact) mass is 533 g/mol. The molecule has 1 aliphatic heterocycles. The van der Waals surface area contributed by atoms with Crippen LogP contribution in [0.25, 0.3) is 22.6 Å². The van der Waals surface area contributed by atoms with Crippen molar-refractivity contribution in [3.8, 4) is 22.6 Å². The number of sulfone groups is 1. The first-order valence-corrected chi connectivity index (χ1v) is 13.7. The van der Waals surface area contributed by atoms with Gasteiger partial charge in [0.15, 0.2) is 20.9 Å². The van der Waals surface area contributed by atoms with Crippen molar-refractivity contribution in [3.63, 3.8) is 0 Å². The predicted octanol–water partition coefficient (Wildman–Crippen LogP) is 3.08. The van der Waals surface area contributed by atoms with E-state index in [0.717, 1.165) is 35.9 Å². The Morgan fingerprint density at radius 3 is 2.62 bits per heavy atom. The summed E-state index contributed by atoms with van der Waals surface area (Å²) in [6.45, 7) is 1.50. The molecule has 4 rings (SSSR count). The van der Waals surface area contributed by atoms with Crippen LogP contribution < -0.4 is 11.0 Å². The number of nitrogens with zero attached hydrogens (tertiary/aromatic N) is 2. The number of carbonyl (C=O) groups excluding carboxylic acids is 1. The molecular formula is C25H28FN3O7S. The van der Waals surface area contributed by atoms with Crippen molar-refractivity contribution in [3.05, 3.63) is 65.2 Å². The average molecular weight is 534 g/mol. The Bertz CT molecular complexity index is 1400. The largest absolute Gasteiger partial charge is 0.445 e. The molecule has 1 fully saturated rings. The van der Waals surface area contributed by atoms with E-state index in [-0.39, 0.29) is 18.5 Å². The standard InChI is InChI=1S/C25H28FN3O7S/c1-25(37(2,32)33,24(31)28-36-21-5-3-4-13-34-21)10-12-29-16-19(26)15-20(23(29)30)17-6-8-18(9-7-17)22-27-11-14-35-22/h6-9,11,14-16,21H,3-5,10,12-13H2,1-2H3,(H,28,31)/t21?,25-/m1/s1. The summed E-state index contributed by atoms with van der Waals surface area (Å²) in [7, 11) is -3.96. The lowest BCUT2D eigenvalue weighted by Gasteiger charge is -2.28. The van der Waals surface area contributed by atoms with Gasteiger partial charge >= 0.3 is 0 Å². The van der Waals surface area contributed by atoms with E-state index in [0.29, 0.717) is 30.0 Å². The minimum absolute atomic E-state index is 0.0854. The van der Waals surface area contributed by atoms with Crippen LogP contribution >= 0.6 is 0 Å². The molecule has 2 atom stereocenters. The fourth-order valence-corrected chi connectivity index (χ4v) is 4.80. The molecule has 1 aliphatic rings. The Labute approximate surface area is 213 Å². The number of hydroxylamine groups is 1. The van der Waals surface area contributed by atoms with E-state index in [4.69, 9.17) is 14.0 Å². The molecule has 198 valence electrons. The van der Waals surface area contributed by atoms with Crippen molar-refractivity contribution in [2.75, 3.05) is 12.9 Å². The van der Waals surface area contributed by atoms with E-state index >= 15 is 0 Å². The van der Waals surface area contributed by atoms with Gasteiger partial charge in [-0.05, 0) is 49.9 Å². The molecule has 10 nitrogen and oxygen atoms in total. The van der Waals surface area contributed by atoms with E-state index in [2.05, 4.69) is 10.5 Å². The molecule has 3 aromatic rings. The topological polar surface area (TPSA) is 130 Å². The number of benzene rings is 1. The van der Waals surface area contributed by atoms with Gasteiger partial charge in [-0.25, -0.2) is 28.1 Å². The summed E-state index contributed by atoms with van der Waals surface area (Å²) in [5.74, 6) is -1.17. The summed E-state index contributed by atoms with van der Waals surface area (Å²) < 4.78 is 49.5. The number of rotatable bonds is 9. The summed E-state index contributed by atoms with van der Waals surface area (Å²) in [5, 5.41) is 0. The first-order chi connectivity index (χ1) is 17.6. The Hall–Kier alpha value is -3.35. The van der Waals surface area contributed by atoms with Crippen molar-refractivity contribution in [1.82, 2.24) is 15.0 Å². The first-order valence-electron chi connectivity index (χ1n) is 11.8. The molecule has 0 saturated carbocycles. The van der Waals surface area contributed by atoms with Gasteiger partial charge in [0.2, 0.25) is 5.89 Å². The van der Waals surface area contributed by atoms with Crippen molar-refractivity contribution in [2.45, 2.75) is 50.2 Å². The number of amides is 1. The van der Waals surface area contributed by atoms with Gasteiger partial charge in [-0.2, -0.15) is 0 Å². The highest BCUT2D eigenvalue weighted by atomic mass is 32.2. The lowest BCUT2D eigenvalue weighted by Crippen LogP contribution is -2.51. The van der Waals surface area contributed by atoms with Crippen molar-refractivity contribution in [2.24, 2.45) is 0 Å². The summed E-state index contributed by atoms with van der Waals surface area (Å²) in [6.07, 6.45) is 6.21. The Morgan fingerprint density at radius 2 is 2.00 bits per heavy atom. The molecule has 1 unspecified atom stereocenters. The number of pyridine rings is 1. The number of aryl methyl sites for hydroxylation is 1. The van der Waals surface area contributed by atoms with Gasteiger partial charge in [0.25, 0.3) is 11.5 Å². The maximum Gasteiger partial charge on any atom is 0.264 e. The Morgan fingerprint density at radius 1 is 1.27 bits per heavy atom. The summed E-state index contributed by atoms with van der Waals surface area (Å²) in [4.78, 5) is 35.4. The zero-order chi connectivity index (χ0) is 26.6. The number of halogens is 1. The number of nitrogens with one attached hydrogen (secondary N) is 1. The molecule has 0 bridgehead atoms. The van der Waals surface area contributed by atoms with Gasteiger partial charge in [-0.1, -0.05) is 12.1 Å². The molecule has 12 heteroatoms. The quantitative estimate of drug-likeness (QED) is 0.416. The molecule has 0 spiro atoms. The number of hydrogen-bond donors (Lipinski definition) is 1. The van der Waals surface area contributed by atoms with Crippen LogP contribution in [0.2, 0.25) is 0 Å². The second-order valence-corrected chi connectivity index (χ2v) is 11.5.